The summed E-state index contributed by atoms with van der Waals surface area (Å²) in [6.07, 6.45) is 2.68. The number of hydrogen-bond donors (Lipinski definition) is 0. The van der Waals surface area contributed by atoms with Crippen LogP contribution in [0.1, 0.15) is 31.7 Å². The number of amides is 2. The molecule has 1 saturated heterocycles. The zero-order chi connectivity index (χ0) is 14.4. The first kappa shape index (κ1) is 13.6. The second-order valence-electron chi connectivity index (χ2n) is 6.08. The standard InChI is InChI=1S/C16H18ClNO2/c1-9-3-6-12-13(7-9)16(20)18(15(12)19)11-5-4-10(2)14(17)8-11/h4-5,8-9,12-13H,3,6-7H2,1-2H3/t9-,12-,13+/m0/s1. The molecule has 4 heteroatoms. The number of carbonyl (C=O) groups excluding carboxylic acids is 2. The van der Waals surface area contributed by atoms with Crippen LogP contribution in [0.5, 0.6) is 0 Å². The smallest absolute Gasteiger partial charge is 0.237 e. The summed E-state index contributed by atoms with van der Waals surface area (Å²) in [7, 11) is 0. The number of anilines is 1. The Morgan fingerprint density at radius 3 is 2.55 bits per heavy atom. The molecule has 1 aromatic carbocycles. The van der Waals surface area contributed by atoms with Crippen molar-refractivity contribution in [1.82, 2.24) is 0 Å². The minimum absolute atomic E-state index is 0.0492. The van der Waals surface area contributed by atoms with E-state index in [1.54, 1.807) is 12.1 Å². The first-order valence-electron chi connectivity index (χ1n) is 7.13. The van der Waals surface area contributed by atoms with Crippen LogP contribution in [-0.2, 0) is 9.59 Å². The predicted octanol–water partition coefficient (Wildman–Crippen LogP) is 3.57. The molecule has 1 saturated carbocycles. The maximum atomic E-state index is 12.6. The zero-order valence-corrected chi connectivity index (χ0v) is 12.5. The lowest BCUT2D eigenvalue weighted by Gasteiger charge is -2.25. The van der Waals surface area contributed by atoms with E-state index in [-0.39, 0.29) is 23.7 Å². The van der Waals surface area contributed by atoms with Gasteiger partial charge < -0.3 is 0 Å². The lowest BCUT2D eigenvalue weighted by Crippen LogP contribution is -2.30. The quantitative estimate of drug-likeness (QED) is 0.742. The fourth-order valence-electron chi connectivity index (χ4n) is 3.36. The fraction of sp³-hybridized carbons (Fsp3) is 0.500. The Morgan fingerprint density at radius 1 is 1.15 bits per heavy atom. The number of aryl methyl sites for hydroxylation is 1. The zero-order valence-electron chi connectivity index (χ0n) is 11.7. The van der Waals surface area contributed by atoms with Crippen LogP contribution in [0, 0.1) is 24.7 Å². The second-order valence-corrected chi connectivity index (χ2v) is 6.48. The van der Waals surface area contributed by atoms with Crippen molar-refractivity contribution in [2.45, 2.75) is 33.1 Å². The predicted molar refractivity (Wildman–Crippen MR) is 78.7 cm³/mol. The van der Waals surface area contributed by atoms with Crippen molar-refractivity contribution in [2.24, 2.45) is 17.8 Å². The van der Waals surface area contributed by atoms with E-state index in [0.717, 1.165) is 24.8 Å². The number of rotatable bonds is 1. The molecule has 20 heavy (non-hydrogen) atoms. The molecule has 0 bridgehead atoms. The van der Waals surface area contributed by atoms with E-state index in [4.69, 9.17) is 11.6 Å². The lowest BCUT2D eigenvalue weighted by molar-refractivity contribution is -0.122. The van der Waals surface area contributed by atoms with Gasteiger partial charge in [0.1, 0.15) is 0 Å². The van der Waals surface area contributed by atoms with Crippen molar-refractivity contribution in [1.29, 1.82) is 0 Å². The summed E-state index contributed by atoms with van der Waals surface area (Å²) in [6, 6.07) is 5.37. The first-order valence-corrected chi connectivity index (χ1v) is 7.51. The van der Waals surface area contributed by atoms with Gasteiger partial charge in [-0.15, -0.1) is 0 Å². The molecule has 3 atom stereocenters. The Bertz CT molecular complexity index is 584. The molecule has 0 spiro atoms. The molecule has 1 heterocycles. The van der Waals surface area contributed by atoms with Crippen molar-refractivity contribution >= 4 is 29.1 Å². The summed E-state index contributed by atoms with van der Waals surface area (Å²) >= 11 is 6.11. The van der Waals surface area contributed by atoms with Gasteiger partial charge in [0, 0.05) is 5.02 Å². The summed E-state index contributed by atoms with van der Waals surface area (Å²) in [5, 5.41) is 0.589. The number of imide groups is 1. The maximum absolute atomic E-state index is 12.6. The van der Waals surface area contributed by atoms with Crippen molar-refractivity contribution in [2.75, 3.05) is 4.90 Å². The van der Waals surface area contributed by atoms with E-state index in [0.29, 0.717) is 16.6 Å². The number of hydrogen-bond acceptors (Lipinski definition) is 2. The highest BCUT2D eigenvalue weighted by Gasteiger charge is 2.49. The van der Waals surface area contributed by atoms with E-state index in [9.17, 15) is 9.59 Å². The van der Waals surface area contributed by atoms with E-state index in [1.165, 1.54) is 4.90 Å². The number of fused-ring (bicyclic) bond motifs is 1. The van der Waals surface area contributed by atoms with Crippen LogP contribution in [0.2, 0.25) is 5.02 Å². The van der Waals surface area contributed by atoms with E-state index in [2.05, 4.69) is 6.92 Å². The highest BCUT2D eigenvalue weighted by atomic mass is 35.5. The van der Waals surface area contributed by atoms with Crippen LogP contribution >= 0.6 is 11.6 Å². The third-order valence-corrected chi connectivity index (χ3v) is 5.01. The summed E-state index contributed by atoms with van der Waals surface area (Å²) in [6.45, 7) is 4.06. The van der Waals surface area contributed by atoms with E-state index < -0.39 is 0 Å². The molecule has 0 radical (unpaired) electrons. The minimum atomic E-state index is -0.133. The Hall–Kier alpha value is -1.35. The molecule has 3 rings (SSSR count). The summed E-state index contributed by atoms with van der Waals surface area (Å²) < 4.78 is 0. The minimum Gasteiger partial charge on any atom is -0.274 e. The van der Waals surface area contributed by atoms with Crippen molar-refractivity contribution in [3.8, 4) is 0 Å². The van der Waals surface area contributed by atoms with Crippen molar-refractivity contribution in [3.05, 3.63) is 28.8 Å². The molecule has 3 nitrogen and oxygen atoms in total. The van der Waals surface area contributed by atoms with Gasteiger partial charge in [0.05, 0.1) is 17.5 Å². The van der Waals surface area contributed by atoms with Crippen LogP contribution in [0.25, 0.3) is 0 Å². The Kier molecular flexibility index (Phi) is 3.33. The van der Waals surface area contributed by atoms with Gasteiger partial charge >= 0.3 is 0 Å². The molecule has 2 aliphatic rings. The van der Waals surface area contributed by atoms with Gasteiger partial charge in [0.25, 0.3) is 0 Å². The summed E-state index contributed by atoms with van der Waals surface area (Å²) in [4.78, 5) is 26.4. The average molecular weight is 292 g/mol. The molecule has 1 aromatic rings. The normalized spacial score (nSPS) is 29.8. The average Bonchev–Trinajstić information content (AvgIpc) is 2.65. The maximum Gasteiger partial charge on any atom is 0.237 e. The third-order valence-electron chi connectivity index (χ3n) is 4.60. The van der Waals surface area contributed by atoms with E-state index in [1.807, 2.05) is 13.0 Å². The summed E-state index contributed by atoms with van der Waals surface area (Å²) in [5.74, 6) is 0.165. The first-order chi connectivity index (χ1) is 9.49. The number of halogens is 1. The van der Waals surface area contributed by atoms with Gasteiger partial charge in [0.2, 0.25) is 11.8 Å². The van der Waals surface area contributed by atoms with Gasteiger partial charge in [-0.05, 0) is 49.8 Å². The van der Waals surface area contributed by atoms with Crippen LogP contribution in [0.3, 0.4) is 0 Å². The molecule has 2 fully saturated rings. The van der Waals surface area contributed by atoms with Gasteiger partial charge in [-0.1, -0.05) is 24.6 Å². The molecule has 106 valence electrons. The SMILES string of the molecule is Cc1ccc(N2C(=O)[C@H]3CC[C@H](C)C[C@H]3C2=O)cc1Cl. The number of nitrogens with zero attached hydrogens (tertiary/aromatic N) is 1. The van der Waals surface area contributed by atoms with Gasteiger partial charge in [-0.3, -0.25) is 14.5 Å². The molecule has 0 unspecified atom stereocenters. The summed E-state index contributed by atoms with van der Waals surface area (Å²) in [5.41, 5.74) is 1.55. The highest BCUT2D eigenvalue weighted by molar-refractivity contribution is 6.32. The third kappa shape index (κ3) is 2.05. The Morgan fingerprint density at radius 2 is 1.85 bits per heavy atom. The van der Waals surface area contributed by atoms with E-state index >= 15 is 0 Å². The molecule has 0 N–H and O–H groups in total. The fourth-order valence-corrected chi connectivity index (χ4v) is 3.54. The molecule has 1 aliphatic heterocycles. The second kappa shape index (κ2) is 4.88. The lowest BCUT2D eigenvalue weighted by atomic mass is 9.76. The number of carbonyl (C=O) groups is 2. The Labute approximate surface area is 123 Å². The Balaban J connectivity index is 1.96. The van der Waals surface area contributed by atoms with Crippen LogP contribution in [-0.4, -0.2) is 11.8 Å². The largest absolute Gasteiger partial charge is 0.274 e. The van der Waals surface area contributed by atoms with Crippen LogP contribution < -0.4 is 4.90 Å². The molecule has 0 aromatic heterocycles. The topological polar surface area (TPSA) is 37.4 Å². The highest BCUT2D eigenvalue weighted by Crippen LogP contribution is 2.42. The number of benzene rings is 1. The van der Waals surface area contributed by atoms with Crippen LogP contribution in [0.15, 0.2) is 18.2 Å². The molecular weight excluding hydrogens is 274 g/mol. The van der Waals surface area contributed by atoms with Crippen molar-refractivity contribution < 1.29 is 9.59 Å². The van der Waals surface area contributed by atoms with Gasteiger partial charge in [-0.2, -0.15) is 0 Å². The van der Waals surface area contributed by atoms with Gasteiger partial charge in [0.15, 0.2) is 0 Å². The molecule has 1 aliphatic carbocycles. The molecular formula is C16H18ClNO2. The van der Waals surface area contributed by atoms with Crippen molar-refractivity contribution in [3.63, 3.8) is 0 Å². The van der Waals surface area contributed by atoms with Crippen LogP contribution in [0.4, 0.5) is 5.69 Å². The monoisotopic (exact) mass is 291 g/mol. The van der Waals surface area contributed by atoms with Gasteiger partial charge in [-0.25, -0.2) is 0 Å². The molecule has 2 amide bonds.